The maximum absolute atomic E-state index is 11.9. The van der Waals surface area contributed by atoms with Crippen LogP contribution in [-0.2, 0) is 10.5 Å². The summed E-state index contributed by atoms with van der Waals surface area (Å²) in [6.07, 6.45) is 0. The number of amides is 1. The average Bonchev–Trinajstić information content (AvgIpc) is 2.62. The fourth-order valence-corrected chi connectivity index (χ4v) is 3.37. The molecule has 0 atom stereocenters. The topological polar surface area (TPSA) is 53.2 Å². The molecule has 0 aliphatic heterocycles. The first kappa shape index (κ1) is 20.3. The summed E-state index contributed by atoms with van der Waals surface area (Å²) in [7, 11) is 0. The molecule has 0 spiro atoms. The van der Waals surface area contributed by atoms with Crippen molar-refractivity contribution < 1.29 is 4.79 Å². The minimum Gasteiger partial charge on any atom is -0.331 e. The Morgan fingerprint density at radius 2 is 1.77 bits per heavy atom. The van der Waals surface area contributed by atoms with Crippen molar-refractivity contribution in [2.24, 2.45) is 0 Å². The molecule has 1 amide bonds. The summed E-state index contributed by atoms with van der Waals surface area (Å²) in [6, 6.07) is 16.3. The Kier molecular flexibility index (Phi) is 7.94. The second-order valence-corrected chi connectivity index (χ2v) is 7.72. The van der Waals surface area contributed by atoms with Crippen LogP contribution < -0.4 is 16.2 Å². The van der Waals surface area contributed by atoms with E-state index in [9.17, 15) is 4.79 Å². The second-order valence-electron chi connectivity index (χ2n) is 6.32. The van der Waals surface area contributed by atoms with Gasteiger partial charge in [0.2, 0.25) is 5.91 Å². The predicted molar refractivity (Wildman–Crippen MR) is 115 cm³/mol. The number of thiocarbonyl (C=S) groups is 1. The number of hydrazine groups is 1. The number of rotatable bonds is 6. The monoisotopic (exact) mass is 387 g/mol. The van der Waals surface area contributed by atoms with Crippen LogP contribution >= 0.6 is 24.0 Å². The summed E-state index contributed by atoms with van der Waals surface area (Å²) >= 11 is 6.77. The summed E-state index contributed by atoms with van der Waals surface area (Å²) in [6.45, 7) is 6.39. The van der Waals surface area contributed by atoms with Crippen LogP contribution in [0.3, 0.4) is 0 Å². The zero-order chi connectivity index (χ0) is 18.9. The SMILES string of the molecule is Cc1ccccc1CSCC(=O)NNC(=S)Nc1ccc(C(C)C)cc1. The number of anilines is 1. The van der Waals surface area contributed by atoms with Crippen molar-refractivity contribution in [1.82, 2.24) is 10.9 Å². The van der Waals surface area contributed by atoms with Gasteiger partial charge in [-0.25, -0.2) is 0 Å². The van der Waals surface area contributed by atoms with Crippen molar-refractivity contribution in [2.75, 3.05) is 11.1 Å². The van der Waals surface area contributed by atoms with Gasteiger partial charge in [0.1, 0.15) is 0 Å². The smallest absolute Gasteiger partial charge is 0.248 e. The predicted octanol–water partition coefficient (Wildman–Crippen LogP) is 4.37. The van der Waals surface area contributed by atoms with Crippen LogP contribution in [0, 0.1) is 6.92 Å². The Balaban J connectivity index is 1.68. The highest BCUT2D eigenvalue weighted by atomic mass is 32.2. The first-order chi connectivity index (χ1) is 12.5. The van der Waals surface area contributed by atoms with Crippen LogP contribution in [0.25, 0.3) is 0 Å². The maximum Gasteiger partial charge on any atom is 0.248 e. The maximum atomic E-state index is 11.9. The van der Waals surface area contributed by atoms with Gasteiger partial charge in [-0.2, -0.15) is 0 Å². The van der Waals surface area contributed by atoms with Crippen molar-refractivity contribution in [2.45, 2.75) is 32.4 Å². The molecule has 0 bridgehead atoms. The molecule has 2 aromatic rings. The molecule has 0 aromatic heterocycles. The first-order valence-corrected chi connectivity index (χ1v) is 10.1. The Morgan fingerprint density at radius 3 is 2.42 bits per heavy atom. The number of aryl methyl sites for hydroxylation is 1. The summed E-state index contributed by atoms with van der Waals surface area (Å²) in [5, 5.41) is 3.41. The third-order valence-corrected chi connectivity index (χ3v) is 5.09. The zero-order valence-electron chi connectivity index (χ0n) is 15.3. The number of hydrogen-bond acceptors (Lipinski definition) is 3. The van der Waals surface area contributed by atoms with Crippen LogP contribution in [0.2, 0.25) is 0 Å². The highest BCUT2D eigenvalue weighted by Gasteiger charge is 2.05. The molecule has 2 rings (SSSR count). The van der Waals surface area contributed by atoms with Gasteiger partial charge in [0.25, 0.3) is 0 Å². The molecule has 0 heterocycles. The Hall–Kier alpha value is -2.05. The molecule has 0 aliphatic carbocycles. The summed E-state index contributed by atoms with van der Waals surface area (Å²) < 4.78 is 0. The second kappa shape index (κ2) is 10.2. The minimum absolute atomic E-state index is 0.108. The molecule has 0 saturated carbocycles. The van der Waals surface area contributed by atoms with Crippen molar-refractivity contribution in [1.29, 1.82) is 0 Å². The number of benzene rings is 2. The van der Waals surface area contributed by atoms with Gasteiger partial charge in [0.05, 0.1) is 5.75 Å². The van der Waals surface area contributed by atoms with E-state index in [1.807, 2.05) is 24.3 Å². The first-order valence-electron chi connectivity index (χ1n) is 8.53. The lowest BCUT2D eigenvalue weighted by Gasteiger charge is -2.12. The number of carbonyl (C=O) groups excluding carboxylic acids is 1. The lowest BCUT2D eigenvalue weighted by Crippen LogP contribution is -2.44. The molecule has 3 N–H and O–H groups in total. The highest BCUT2D eigenvalue weighted by molar-refractivity contribution is 7.99. The Bertz CT molecular complexity index is 745. The van der Waals surface area contributed by atoms with Gasteiger partial charge in [-0.3, -0.25) is 15.6 Å². The molecule has 2 aromatic carbocycles. The van der Waals surface area contributed by atoms with E-state index in [4.69, 9.17) is 12.2 Å². The van der Waals surface area contributed by atoms with Crippen molar-refractivity contribution in [3.05, 3.63) is 65.2 Å². The van der Waals surface area contributed by atoms with Crippen LogP contribution in [0.5, 0.6) is 0 Å². The minimum atomic E-state index is -0.108. The van der Waals surface area contributed by atoms with Gasteiger partial charge in [-0.1, -0.05) is 50.2 Å². The van der Waals surface area contributed by atoms with Gasteiger partial charge in [-0.15, -0.1) is 11.8 Å². The van der Waals surface area contributed by atoms with E-state index >= 15 is 0 Å². The molecule has 0 fully saturated rings. The van der Waals surface area contributed by atoms with E-state index < -0.39 is 0 Å². The molecular weight excluding hydrogens is 362 g/mol. The molecule has 4 nitrogen and oxygen atoms in total. The van der Waals surface area contributed by atoms with Gasteiger partial charge >= 0.3 is 0 Å². The third kappa shape index (κ3) is 6.69. The molecule has 0 saturated heterocycles. The Morgan fingerprint density at radius 1 is 1.08 bits per heavy atom. The highest BCUT2D eigenvalue weighted by Crippen LogP contribution is 2.17. The van der Waals surface area contributed by atoms with E-state index in [2.05, 4.69) is 61.2 Å². The van der Waals surface area contributed by atoms with Crippen LogP contribution in [-0.4, -0.2) is 16.8 Å². The number of nitrogens with one attached hydrogen (secondary N) is 3. The third-order valence-electron chi connectivity index (χ3n) is 3.90. The van der Waals surface area contributed by atoms with E-state index in [0.717, 1.165) is 11.4 Å². The molecule has 0 unspecified atom stereocenters. The molecular formula is C20H25N3OS2. The number of carbonyl (C=O) groups is 1. The molecule has 6 heteroatoms. The van der Waals surface area contributed by atoms with Crippen molar-refractivity contribution in [3.8, 4) is 0 Å². The van der Waals surface area contributed by atoms with E-state index in [-0.39, 0.29) is 5.91 Å². The van der Waals surface area contributed by atoms with Crippen LogP contribution in [0.1, 0.15) is 36.5 Å². The molecule has 0 aliphatic rings. The van der Waals surface area contributed by atoms with Crippen molar-refractivity contribution >= 4 is 40.7 Å². The fraction of sp³-hybridized carbons (Fsp3) is 0.300. The van der Waals surface area contributed by atoms with E-state index in [1.54, 1.807) is 11.8 Å². The average molecular weight is 388 g/mol. The van der Waals surface area contributed by atoms with Gasteiger partial charge in [-0.05, 0) is 53.9 Å². The lowest BCUT2D eigenvalue weighted by molar-refractivity contribution is -0.119. The van der Waals surface area contributed by atoms with E-state index in [0.29, 0.717) is 16.8 Å². The van der Waals surface area contributed by atoms with Crippen LogP contribution in [0.4, 0.5) is 5.69 Å². The summed E-state index contributed by atoms with van der Waals surface area (Å²) in [5.41, 5.74) is 10.0. The van der Waals surface area contributed by atoms with E-state index in [1.165, 1.54) is 16.7 Å². The molecule has 138 valence electrons. The normalized spacial score (nSPS) is 10.5. The van der Waals surface area contributed by atoms with Gasteiger partial charge in [0, 0.05) is 11.4 Å². The number of hydrogen-bond donors (Lipinski definition) is 3. The number of thioether (sulfide) groups is 1. The zero-order valence-corrected chi connectivity index (χ0v) is 17.0. The van der Waals surface area contributed by atoms with Gasteiger partial charge < -0.3 is 5.32 Å². The fourth-order valence-electron chi connectivity index (χ4n) is 2.30. The molecule has 0 radical (unpaired) electrons. The Labute approximate surface area is 165 Å². The standard InChI is InChI=1S/C20H25N3OS2/c1-14(2)16-8-10-18(11-9-16)21-20(25)23-22-19(24)13-26-12-17-7-5-4-6-15(17)3/h4-11,14H,12-13H2,1-3H3,(H,22,24)(H2,21,23,25). The largest absolute Gasteiger partial charge is 0.331 e. The van der Waals surface area contributed by atoms with Crippen LogP contribution in [0.15, 0.2) is 48.5 Å². The van der Waals surface area contributed by atoms with Crippen molar-refractivity contribution in [3.63, 3.8) is 0 Å². The quantitative estimate of drug-likeness (QED) is 0.508. The van der Waals surface area contributed by atoms with Gasteiger partial charge in [0.15, 0.2) is 5.11 Å². The summed E-state index contributed by atoms with van der Waals surface area (Å²) in [4.78, 5) is 11.9. The summed E-state index contributed by atoms with van der Waals surface area (Å²) in [5.74, 6) is 1.56. The molecule has 26 heavy (non-hydrogen) atoms. The lowest BCUT2D eigenvalue weighted by atomic mass is 10.0.